The molecule has 0 unspecified atom stereocenters. The van der Waals surface area contributed by atoms with Gasteiger partial charge in [-0.2, -0.15) is 0 Å². The predicted octanol–water partition coefficient (Wildman–Crippen LogP) is -2.53. The number of para-hydroxylation sites is 1. The highest BCUT2D eigenvalue weighted by molar-refractivity contribution is 5.27. The third kappa shape index (κ3) is 2.15. The van der Waals surface area contributed by atoms with Gasteiger partial charge in [0.25, 0.3) is 0 Å². The summed E-state index contributed by atoms with van der Waals surface area (Å²) in [6, 6.07) is 10.4. The molecule has 0 aliphatic rings. The lowest BCUT2D eigenvalue weighted by molar-refractivity contribution is -0.786. The summed E-state index contributed by atoms with van der Waals surface area (Å²) in [5.41, 5.74) is 1.33. The second-order valence-corrected chi connectivity index (χ2v) is 2.37. The Morgan fingerprint density at radius 3 is 1.80 bits per heavy atom. The molecule has 0 aliphatic heterocycles. The summed E-state index contributed by atoms with van der Waals surface area (Å²) in [7, 11) is 4.24. The molecule has 0 saturated heterocycles. The van der Waals surface area contributed by atoms with Crippen LogP contribution in [-0.4, -0.2) is 14.1 Å². The fraction of sp³-hybridized carbons (Fsp3) is 0.250. The van der Waals surface area contributed by atoms with Gasteiger partial charge in [-0.15, -0.1) is 0 Å². The van der Waals surface area contributed by atoms with E-state index in [2.05, 4.69) is 38.4 Å². The molecule has 1 rings (SSSR count). The van der Waals surface area contributed by atoms with Crippen molar-refractivity contribution in [3.63, 3.8) is 0 Å². The number of quaternary nitrogens is 1. The van der Waals surface area contributed by atoms with Crippen molar-refractivity contribution in [3.8, 4) is 0 Å². The van der Waals surface area contributed by atoms with E-state index in [9.17, 15) is 0 Å². The zero-order valence-electron chi connectivity index (χ0n) is 6.26. The first-order valence-electron chi connectivity index (χ1n) is 3.16. The van der Waals surface area contributed by atoms with Crippen LogP contribution in [0.15, 0.2) is 30.3 Å². The Morgan fingerprint density at radius 2 is 1.50 bits per heavy atom. The van der Waals surface area contributed by atoms with Crippen molar-refractivity contribution in [2.75, 3.05) is 14.1 Å². The van der Waals surface area contributed by atoms with Crippen LogP contribution < -0.4 is 9.60 Å². The molecular formula is C8H12FN. The molecule has 1 nitrogen and oxygen atoms in total. The molecule has 1 aromatic rings. The Labute approximate surface area is 60.6 Å². The summed E-state index contributed by atoms with van der Waals surface area (Å²) in [6.45, 7) is 0. The van der Waals surface area contributed by atoms with Gasteiger partial charge in [-0.3, -0.25) is 0 Å². The molecule has 0 saturated carbocycles. The van der Waals surface area contributed by atoms with Gasteiger partial charge in [0.1, 0.15) is 5.69 Å². The molecule has 0 heterocycles. The normalized spacial score (nSPS) is 9.10. The molecule has 0 fully saturated rings. The Balaban J connectivity index is 0.000000810. The molecule has 10 heavy (non-hydrogen) atoms. The van der Waals surface area contributed by atoms with Crippen molar-refractivity contribution in [3.05, 3.63) is 30.3 Å². The fourth-order valence-corrected chi connectivity index (χ4v) is 0.771. The van der Waals surface area contributed by atoms with E-state index in [1.807, 2.05) is 6.07 Å². The van der Waals surface area contributed by atoms with E-state index in [0.717, 1.165) is 0 Å². The number of hydrogen-bond donors (Lipinski definition) is 1. The molecule has 1 aromatic carbocycles. The molecule has 0 bridgehead atoms. The minimum atomic E-state index is 0. The highest BCUT2D eigenvalue weighted by Crippen LogP contribution is 1.95. The molecule has 1 N–H and O–H groups in total. The molecule has 0 aliphatic carbocycles. The van der Waals surface area contributed by atoms with Crippen LogP contribution in [0.1, 0.15) is 0 Å². The maximum absolute atomic E-state index is 2.12. The molecule has 0 amide bonds. The highest BCUT2D eigenvalue weighted by atomic mass is 19.0. The smallest absolute Gasteiger partial charge is 0.130 e. The van der Waals surface area contributed by atoms with E-state index in [1.165, 1.54) is 10.6 Å². The second kappa shape index (κ2) is 4.01. The third-order valence-corrected chi connectivity index (χ3v) is 1.35. The number of halogens is 1. The van der Waals surface area contributed by atoms with Gasteiger partial charge in [0.05, 0.1) is 14.1 Å². The maximum atomic E-state index is 2.12. The average Bonchev–Trinajstić information content (AvgIpc) is 1.90. The van der Waals surface area contributed by atoms with Gasteiger partial charge in [0, 0.05) is 0 Å². The lowest BCUT2D eigenvalue weighted by Crippen LogP contribution is -3.00. The van der Waals surface area contributed by atoms with Crippen LogP contribution in [0.5, 0.6) is 0 Å². The van der Waals surface area contributed by atoms with Crippen molar-refractivity contribution >= 4 is 5.69 Å². The van der Waals surface area contributed by atoms with Crippen molar-refractivity contribution in [1.82, 2.24) is 0 Å². The van der Waals surface area contributed by atoms with Crippen molar-refractivity contribution in [2.45, 2.75) is 0 Å². The molecule has 0 aromatic heterocycles. The standard InChI is InChI=1S/C8H11N.FH/c1-9(2)8-6-4-3-5-7-8;/h3-7H,1-2H3;1H. The van der Waals surface area contributed by atoms with Crippen LogP contribution in [0.3, 0.4) is 0 Å². The van der Waals surface area contributed by atoms with E-state index in [4.69, 9.17) is 0 Å². The van der Waals surface area contributed by atoms with Gasteiger partial charge in [0.2, 0.25) is 0 Å². The lowest BCUT2D eigenvalue weighted by atomic mass is 10.3. The Bertz CT molecular complexity index is 172. The van der Waals surface area contributed by atoms with Gasteiger partial charge < -0.3 is 9.60 Å². The van der Waals surface area contributed by atoms with Gasteiger partial charge in [-0.05, 0) is 12.1 Å². The largest absolute Gasteiger partial charge is 1.00 e. The fourth-order valence-electron chi connectivity index (χ4n) is 0.771. The number of nitrogens with one attached hydrogen (secondary N) is 1. The first-order chi connectivity index (χ1) is 4.30. The number of rotatable bonds is 1. The summed E-state index contributed by atoms with van der Waals surface area (Å²) in [5, 5.41) is 0. The molecule has 0 spiro atoms. The summed E-state index contributed by atoms with van der Waals surface area (Å²) in [4.78, 5) is 1.37. The molecular weight excluding hydrogens is 129 g/mol. The Kier molecular flexibility index (Phi) is 3.65. The minimum Gasteiger partial charge on any atom is -1.00 e. The Morgan fingerprint density at radius 1 is 1.00 bits per heavy atom. The minimum absolute atomic E-state index is 0. The van der Waals surface area contributed by atoms with Crippen molar-refractivity contribution in [1.29, 1.82) is 0 Å². The van der Waals surface area contributed by atoms with E-state index in [-0.39, 0.29) is 4.70 Å². The number of hydrogen-bond acceptors (Lipinski definition) is 0. The second-order valence-electron chi connectivity index (χ2n) is 2.37. The van der Waals surface area contributed by atoms with Gasteiger partial charge in [0.15, 0.2) is 0 Å². The zero-order valence-corrected chi connectivity index (χ0v) is 6.26. The summed E-state index contributed by atoms with van der Waals surface area (Å²) in [6.07, 6.45) is 0. The molecule has 0 radical (unpaired) electrons. The summed E-state index contributed by atoms with van der Waals surface area (Å²) < 4.78 is 0. The van der Waals surface area contributed by atoms with E-state index < -0.39 is 0 Å². The van der Waals surface area contributed by atoms with Gasteiger partial charge in [-0.1, -0.05) is 18.2 Å². The molecule has 0 atom stereocenters. The zero-order chi connectivity index (χ0) is 6.69. The van der Waals surface area contributed by atoms with Crippen LogP contribution in [0.4, 0.5) is 5.69 Å². The Hall–Kier alpha value is -0.890. The molecule has 56 valence electrons. The van der Waals surface area contributed by atoms with Gasteiger partial charge >= 0.3 is 0 Å². The summed E-state index contributed by atoms with van der Waals surface area (Å²) in [5.74, 6) is 0. The van der Waals surface area contributed by atoms with Crippen molar-refractivity contribution < 1.29 is 9.60 Å². The molecule has 2 heteroatoms. The van der Waals surface area contributed by atoms with E-state index in [0.29, 0.717) is 0 Å². The van der Waals surface area contributed by atoms with Crippen LogP contribution in [0.25, 0.3) is 0 Å². The van der Waals surface area contributed by atoms with Crippen molar-refractivity contribution in [2.24, 2.45) is 0 Å². The SMILES string of the molecule is C[NH+](C)c1ccccc1.[F-]. The highest BCUT2D eigenvalue weighted by Gasteiger charge is 1.93. The maximum Gasteiger partial charge on any atom is 0.130 e. The lowest BCUT2D eigenvalue weighted by Gasteiger charge is -2.03. The summed E-state index contributed by atoms with van der Waals surface area (Å²) >= 11 is 0. The predicted molar refractivity (Wildman–Crippen MR) is 38.9 cm³/mol. The first-order valence-corrected chi connectivity index (χ1v) is 3.16. The third-order valence-electron chi connectivity index (χ3n) is 1.35. The van der Waals surface area contributed by atoms with Crippen LogP contribution in [0.2, 0.25) is 0 Å². The van der Waals surface area contributed by atoms with Crippen LogP contribution in [0, 0.1) is 0 Å². The monoisotopic (exact) mass is 141 g/mol. The average molecular weight is 141 g/mol. The van der Waals surface area contributed by atoms with Crippen LogP contribution >= 0.6 is 0 Å². The first kappa shape index (κ1) is 9.11. The number of benzene rings is 1. The van der Waals surface area contributed by atoms with Gasteiger partial charge in [-0.25, -0.2) is 0 Å². The topological polar surface area (TPSA) is 4.44 Å². The van der Waals surface area contributed by atoms with E-state index in [1.54, 1.807) is 0 Å². The quantitative estimate of drug-likeness (QED) is 0.440. The van der Waals surface area contributed by atoms with Crippen LogP contribution in [-0.2, 0) is 0 Å². The van der Waals surface area contributed by atoms with E-state index >= 15 is 0 Å².